The van der Waals surface area contributed by atoms with Gasteiger partial charge >= 0.3 is 0 Å². The van der Waals surface area contributed by atoms with Crippen molar-refractivity contribution in [3.63, 3.8) is 0 Å². The first kappa shape index (κ1) is 12.8. The molecular formula is C10H9BrF2N2O. The molecule has 0 amide bonds. The number of aromatic nitrogens is 1. The number of halogens is 3. The maximum absolute atomic E-state index is 12.6. The van der Waals surface area contributed by atoms with Crippen LogP contribution in [0.3, 0.4) is 0 Å². The minimum Gasteiger partial charge on any atom is -0.496 e. The summed E-state index contributed by atoms with van der Waals surface area (Å²) in [7, 11) is 1.32. The molecule has 1 aromatic rings. The molecule has 0 saturated heterocycles. The second kappa shape index (κ2) is 5.75. The van der Waals surface area contributed by atoms with Gasteiger partial charge in [-0.3, -0.25) is 4.98 Å². The van der Waals surface area contributed by atoms with E-state index < -0.39 is 6.43 Å². The van der Waals surface area contributed by atoms with Gasteiger partial charge in [0, 0.05) is 17.1 Å². The van der Waals surface area contributed by atoms with Crippen LogP contribution in [0.5, 0.6) is 5.75 Å². The smallest absolute Gasteiger partial charge is 0.268 e. The van der Waals surface area contributed by atoms with E-state index in [-0.39, 0.29) is 17.7 Å². The molecule has 0 aromatic carbocycles. The monoisotopic (exact) mass is 290 g/mol. The van der Waals surface area contributed by atoms with E-state index in [9.17, 15) is 8.78 Å². The molecule has 0 aliphatic carbocycles. The predicted octanol–water partition coefficient (Wildman–Crippen LogP) is 2.99. The van der Waals surface area contributed by atoms with Gasteiger partial charge in [0.2, 0.25) is 0 Å². The molecular weight excluding hydrogens is 282 g/mol. The molecule has 0 aliphatic rings. The van der Waals surface area contributed by atoms with Gasteiger partial charge in [-0.25, -0.2) is 8.78 Å². The minimum absolute atomic E-state index is 0.0702. The van der Waals surface area contributed by atoms with Crippen molar-refractivity contribution in [1.29, 1.82) is 5.26 Å². The molecule has 3 nitrogen and oxygen atoms in total. The van der Waals surface area contributed by atoms with Crippen molar-refractivity contribution >= 4 is 15.9 Å². The molecule has 0 spiro atoms. The fourth-order valence-corrected chi connectivity index (χ4v) is 1.93. The standard InChI is InChI=1S/C10H9BrF2N2O/c1-16-9-6(4-11)8(2-3-14)15-5-7(9)10(12)13/h5,10H,2,4H2,1H3. The lowest BCUT2D eigenvalue weighted by atomic mass is 10.1. The number of methoxy groups -OCH3 is 1. The van der Waals surface area contributed by atoms with Crippen molar-refractivity contribution in [3.8, 4) is 11.8 Å². The van der Waals surface area contributed by atoms with E-state index in [0.717, 1.165) is 6.20 Å². The van der Waals surface area contributed by atoms with E-state index in [1.807, 2.05) is 6.07 Å². The van der Waals surface area contributed by atoms with Crippen molar-refractivity contribution in [3.05, 3.63) is 23.0 Å². The fraction of sp³-hybridized carbons (Fsp3) is 0.400. The topological polar surface area (TPSA) is 45.9 Å². The number of nitrogens with zero attached hydrogens (tertiary/aromatic N) is 2. The maximum atomic E-state index is 12.6. The number of rotatable bonds is 4. The van der Waals surface area contributed by atoms with Crippen LogP contribution < -0.4 is 4.74 Å². The zero-order valence-corrected chi connectivity index (χ0v) is 10.1. The minimum atomic E-state index is -2.64. The van der Waals surface area contributed by atoms with Crippen molar-refractivity contribution in [2.45, 2.75) is 18.2 Å². The van der Waals surface area contributed by atoms with Crippen molar-refractivity contribution < 1.29 is 13.5 Å². The van der Waals surface area contributed by atoms with Crippen molar-refractivity contribution in [2.75, 3.05) is 7.11 Å². The lowest BCUT2D eigenvalue weighted by Gasteiger charge is -2.13. The Kier molecular flexibility index (Phi) is 4.62. The highest BCUT2D eigenvalue weighted by Crippen LogP contribution is 2.34. The molecule has 0 atom stereocenters. The Labute approximate surface area is 100 Å². The van der Waals surface area contributed by atoms with Crippen LogP contribution in [-0.4, -0.2) is 12.1 Å². The van der Waals surface area contributed by atoms with E-state index in [0.29, 0.717) is 16.6 Å². The molecule has 0 N–H and O–H groups in total. The van der Waals surface area contributed by atoms with Crippen LogP contribution in [0.15, 0.2) is 6.20 Å². The number of ether oxygens (including phenoxy) is 1. The highest BCUT2D eigenvalue weighted by atomic mass is 79.9. The van der Waals surface area contributed by atoms with Gasteiger partial charge < -0.3 is 4.74 Å². The second-order valence-electron chi connectivity index (χ2n) is 2.94. The van der Waals surface area contributed by atoms with Crippen LogP contribution in [0.4, 0.5) is 8.78 Å². The van der Waals surface area contributed by atoms with Crippen LogP contribution in [0.1, 0.15) is 23.2 Å². The van der Waals surface area contributed by atoms with Crippen molar-refractivity contribution in [2.24, 2.45) is 0 Å². The third kappa shape index (κ3) is 2.47. The lowest BCUT2D eigenvalue weighted by molar-refractivity contribution is 0.146. The maximum Gasteiger partial charge on any atom is 0.268 e. The number of alkyl halides is 3. The molecule has 0 unspecified atom stereocenters. The van der Waals surface area contributed by atoms with Crippen LogP contribution in [-0.2, 0) is 11.8 Å². The largest absolute Gasteiger partial charge is 0.496 e. The summed E-state index contributed by atoms with van der Waals surface area (Å²) < 4.78 is 30.3. The molecule has 16 heavy (non-hydrogen) atoms. The van der Waals surface area contributed by atoms with E-state index in [2.05, 4.69) is 20.9 Å². The first-order chi connectivity index (χ1) is 7.65. The van der Waals surface area contributed by atoms with E-state index in [4.69, 9.17) is 10.00 Å². The molecule has 0 bridgehead atoms. The molecule has 0 fully saturated rings. The summed E-state index contributed by atoms with van der Waals surface area (Å²) in [5, 5.41) is 8.91. The zero-order valence-electron chi connectivity index (χ0n) is 8.51. The molecule has 0 saturated carbocycles. The van der Waals surface area contributed by atoms with Gasteiger partial charge in [0.05, 0.1) is 30.9 Å². The van der Waals surface area contributed by atoms with Crippen molar-refractivity contribution in [1.82, 2.24) is 4.98 Å². The summed E-state index contributed by atoms with van der Waals surface area (Å²) in [6, 6.07) is 1.93. The quantitative estimate of drug-likeness (QED) is 0.801. The van der Waals surface area contributed by atoms with Gasteiger partial charge in [0.25, 0.3) is 6.43 Å². The van der Waals surface area contributed by atoms with Crippen LogP contribution in [0.25, 0.3) is 0 Å². The van der Waals surface area contributed by atoms with Crippen LogP contribution in [0.2, 0.25) is 0 Å². The summed E-state index contributed by atoms with van der Waals surface area (Å²) in [5.41, 5.74) is 0.709. The van der Waals surface area contributed by atoms with Crippen LogP contribution >= 0.6 is 15.9 Å². The Hall–Kier alpha value is -1.22. The van der Waals surface area contributed by atoms with Gasteiger partial charge in [-0.1, -0.05) is 15.9 Å². The Morgan fingerprint density at radius 1 is 1.62 bits per heavy atom. The fourth-order valence-electron chi connectivity index (χ4n) is 1.35. The first-order valence-corrected chi connectivity index (χ1v) is 5.53. The number of hydrogen-bond acceptors (Lipinski definition) is 3. The molecule has 86 valence electrons. The highest BCUT2D eigenvalue weighted by molar-refractivity contribution is 9.08. The number of pyridine rings is 1. The average molecular weight is 291 g/mol. The molecule has 0 radical (unpaired) electrons. The number of hydrogen-bond donors (Lipinski definition) is 0. The average Bonchev–Trinajstić information content (AvgIpc) is 2.28. The Morgan fingerprint density at radius 3 is 2.75 bits per heavy atom. The summed E-state index contributed by atoms with van der Waals surface area (Å²) >= 11 is 3.18. The highest BCUT2D eigenvalue weighted by Gasteiger charge is 2.20. The third-order valence-corrected chi connectivity index (χ3v) is 2.62. The van der Waals surface area contributed by atoms with Gasteiger partial charge in [0.1, 0.15) is 5.75 Å². The summed E-state index contributed by atoms with van der Waals surface area (Å²) in [4.78, 5) is 3.86. The Balaban J connectivity index is 3.35. The molecule has 0 aliphatic heterocycles. The predicted molar refractivity (Wildman–Crippen MR) is 57.7 cm³/mol. The van der Waals surface area contributed by atoms with Gasteiger partial charge in [-0.05, 0) is 0 Å². The van der Waals surface area contributed by atoms with Crippen LogP contribution in [0, 0.1) is 11.3 Å². The molecule has 1 aromatic heterocycles. The number of nitriles is 1. The third-order valence-electron chi connectivity index (χ3n) is 2.06. The molecule has 1 heterocycles. The zero-order chi connectivity index (χ0) is 12.1. The SMILES string of the molecule is COc1c(C(F)F)cnc(CC#N)c1CBr. The van der Waals surface area contributed by atoms with E-state index in [1.54, 1.807) is 0 Å². The van der Waals surface area contributed by atoms with E-state index >= 15 is 0 Å². The van der Waals surface area contributed by atoms with E-state index in [1.165, 1.54) is 7.11 Å². The summed E-state index contributed by atoms with van der Waals surface area (Å²) in [6.07, 6.45) is -1.51. The normalized spacial score (nSPS) is 10.2. The summed E-state index contributed by atoms with van der Waals surface area (Å²) in [6.45, 7) is 0. The second-order valence-corrected chi connectivity index (χ2v) is 3.50. The Bertz CT molecular complexity index is 418. The molecule has 6 heteroatoms. The summed E-state index contributed by atoms with van der Waals surface area (Å²) in [5.74, 6) is 0.104. The first-order valence-electron chi connectivity index (χ1n) is 4.41. The lowest BCUT2D eigenvalue weighted by Crippen LogP contribution is -2.03. The van der Waals surface area contributed by atoms with Gasteiger partial charge in [0.15, 0.2) is 0 Å². The van der Waals surface area contributed by atoms with Gasteiger partial charge in [-0.15, -0.1) is 0 Å². The molecule has 1 rings (SSSR count). The van der Waals surface area contributed by atoms with Gasteiger partial charge in [-0.2, -0.15) is 5.26 Å². The Morgan fingerprint density at radius 2 is 2.31 bits per heavy atom.